The fourth-order valence-corrected chi connectivity index (χ4v) is 2.44. The van der Waals surface area contributed by atoms with Crippen LogP contribution in [0.1, 0.15) is 24.8 Å². The molecule has 1 heterocycles. The highest BCUT2D eigenvalue weighted by atomic mass is 35.5. The first-order chi connectivity index (χ1) is 8.81. The minimum absolute atomic E-state index is 0.212. The van der Waals surface area contributed by atoms with Gasteiger partial charge in [-0.3, -0.25) is 0 Å². The first-order valence-electron chi connectivity index (χ1n) is 6.53. The van der Waals surface area contributed by atoms with Gasteiger partial charge in [0.2, 0.25) is 0 Å². The number of halogens is 1. The lowest BCUT2D eigenvalue weighted by molar-refractivity contribution is -0.0112. The van der Waals surface area contributed by atoms with E-state index in [0.29, 0.717) is 13.2 Å². The molecule has 100 valence electrons. The summed E-state index contributed by atoms with van der Waals surface area (Å²) >= 11 is 6.16. The molecule has 18 heavy (non-hydrogen) atoms. The molecule has 1 aliphatic heterocycles. The van der Waals surface area contributed by atoms with Gasteiger partial charge < -0.3 is 15.2 Å². The second-order valence-corrected chi connectivity index (χ2v) is 4.96. The maximum absolute atomic E-state index is 6.16. The van der Waals surface area contributed by atoms with Gasteiger partial charge >= 0.3 is 0 Å². The molecule has 0 spiro atoms. The molecule has 2 rings (SSSR count). The zero-order chi connectivity index (χ0) is 12.8. The van der Waals surface area contributed by atoms with Crippen LogP contribution in [0.4, 0.5) is 0 Å². The van der Waals surface area contributed by atoms with Crippen molar-refractivity contribution >= 4 is 11.6 Å². The number of nitrogens with two attached hydrogens (primary N) is 1. The number of hydrogen-bond acceptors (Lipinski definition) is 3. The summed E-state index contributed by atoms with van der Waals surface area (Å²) in [6.45, 7) is 2.01. The van der Waals surface area contributed by atoms with E-state index in [-0.39, 0.29) is 6.10 Å². The van der Waals surface area contributed by atoms with Gasteiger partial charge in [-0.05, 0) is 44.4 Å². The minimum atomic E-state index is 0.212. The van der Waals surface area contributed by atoms with Crippen molar-refractivity contribution < 1.29 is 9.47 Å². The highest BCUT2D eigenvalue weighted by molar-refractivity contribution is 6.31. The molecule has 1 aromatic carbocycles. The van der Waals surface area contributed by atoms with Crippen LogP contribution in [0.25, 0.3) is 0 Å². The second kappa shape index (κ2) is 6.98. The molecular formula is C14H20ClNO2. The summed E-state index contributed by atoms with van der Waals surface area (Å²) in [5.41, 5.74) is 6.60. The fourth-order valence-electron chi connectivity index (χ4n) is 2.18. The summed E-state index contributed by atoms with van der Waals surface area (Å²) in [7, 11) is 0. The van der Waals surface area contributed by atoms with Crippen molar-refractivity contribution in [1.29, 1.82) is 0 Å². The van der Waals surface area contributed by atoms with E-state index in [1.54, 1.807) is 0 Å². The molecule has 1 saturated heterocycles. The SMILES string of the molecule is NCCc1c(Cl)cccc1OCC1CCCCO1. The maximum atomic E-state index is 6.16. The van der Waals surface area contributed by atoms with Crippen LogP contribution < -0.4 is 10.5 Å². The van der Waals surface area contributed by atoms with E-state index >= 15 is 0 Å². The first kappa shape index (κ1) is 13.7. The molecule has 0 amide bonds. The molecule has 1 aliphatic rings. The minimum Gasteiger partial charge on any atom is -0.491 e. The summed E-state index contributed by atoms with van der Waals surface area (Å²) in [4.78, 5) is 0. The molecule has 4 heteroatoms. The van der Waals surface area contributed by atoms with Crippen LogP contribution in [0.2, 0.25) is 5.02 Å². The summed E-state index contributed by atoms with van der Waals surface area (Å²) in [5, 5.41) is 0.725. The van der Waals surface area contributed by atoms with Gasteiger partial charge in [0.1, 0.15) is 12.4 Å². The summed E-state index contributed by atoms with van der Waals surface area (Å²) in [6, 6.07) is 5.72. The van der Waals surface area contributed by atoms with Gasteiger partial charge in [0.25, 0.3) is 0 Å². The van der Waals surface area contributed by atoms with Crippen molar-refractivity contribution in [2.24, 2.45) is 5.73 Å². The summed E-state index contributed by atoms with van der Waals surface area (Å²) < 4.78 is 11.5. The third-order valence-corrected chi connectivity index (χ3v) is 3.52. The standard InChI is InChI=1S/C14H20ClNO2/c15-13-5-3-6-14(12(13)7-8-16)18-10-11-4-1-2-9-17-11/h3,5-6,11H,1-2,4,7-10,16H2. The van der Waals surface area contributed by atoms with Gasteiger partial charge in [-0.1, -0.05) is 17.7 Å². The zero-order valence-electron chi connectivity index (χ0n) is 10.5. The van der Waals surface area contributed by atoms with E-state index < -0.39 is 0 Å². The van der Waals surface area contributed by atoms with Crippen LogP contribution in [0.3, 0.4) is 0 Å². The van der Waals surface area contributed by atoms with Gasteiger partial charge in [0.05, 0.1) is 6.10 Å². The summed E-state index contributed by atoms with van der Waals surface area (Å²) in [5.74, 6) is 0.835. The van der Waals surface area contributed by atoms with Gasteiger partial charge in [-0.2, -0.15) is 0 Å². The zero-order valence-corrected chi connectivity index (χ0v) is 11.3. The molecule has 1 fully saturated rings. The second-order valence-electron chi connectivity index (χ2n) is 4.55. The molecule has 1 atom stereocenters. The predicted molar refractivity (Wildman–Crippen MR) is 73.3 cm³/mol. The van der Waals surface area contributed by atoms with E-state index in [2.05, 4.69) is 0 Å². The Morgan fingerprint density at radius 1 is 1.39 bits per heavy atom. The molecule has 0 radical (unpaired) electrons. The van der Waals surface area contributed by atoms with Crippen molar-refractivity contribution in [3.8, 4) is 5.75 Å². The molecule has 0 aromatic heterocycles. The Morgan fingerprint density at radius 2 is 2.28 bits per heavy atom. The van der Waals surface area contributed by atoms with Gasteiger partial charge in [0, 0.05) is 17.2 Å². The summed E-state index contributed by atoms with van der Waals surface area (Å²) in [6.07, 6.45) is 4.40. The number of rotatable bonds is 5. The smallest absolute Gasteiger partial charge is 0.124 e. The van der Waals surface area contributed by atoms with Crippen LogP contribution >= 0.6 is 11.6 Å². The molecule has 2 N–H and O–H groups in total. The first-order valence-corrected chi connectivity index (χ1v) is 6.91. The normalized spacial score (nSPS) is 19.8. The van der Waals surface area contributed by atoms with E-state index in [9.17, 15) is 0 Å². The van der Waals surface area contributed by atoms with Crippen molar-refractivity contribution in [3.05, 3.63) is 28.8 Å². The van der Waals surface area contributed by atoms with E-state index in [4.69, 9.17) is 26.8 Å². The molecule has 0 saturated carbocycles. The molecule has 3 nitrogen and oxygen atoms in total. The van der Waals surface area contributed by atoms with Gasteiger partial charge in [-0.25, -0.2) is 0 Å². The van der Waals surface area contributed by atoms with Crippen molar-refractivity contribution in [2.75, 3.05) is 19.8 Å². The van der Waals surface area contributed by atoms with Crippen molar-refractivity contribution in [3.63, 3.8) is 0 Å². The van der Waals surface area contributed by atoms with E-state index in [1.165, 1.54) is 6.42 Å². The molecular weight excluding hydrogens is 250 g/mol. The monoisotopic (exact) mass is 269 g/mol. The Hall–Kier alpha value is -0.770. The Kier molecular flexibility index (Phi) is 5.29. The highest BCUT2D eigenvalue weighted by Crippen LogP contribution is 2.27. The largest absolute Gasteiger partial charge is 0.491 e. The Bertz CT molecular complexity index is 378. The van der Waals surface area contributed by atoms with Gasteiger partial charge in [-0.15, -0.1) is 0 Å². The van der Waals surface area contributed by atoms with Crippen LogP contribution in [0, 0.1) is 0 Å². The van der Waals surface area contributed by atoms with Crippen molar-refractivity contribution in [1.82, 2.24) is 0 Å². The Morgan fingerprint density at radius 3 is 3.00 bits per heavy atom. The van der Waals surface area contributed by atoms with Crippen LogP contribution in [0.5, 0.6) is 5.75 Å². The fraction of sp³-hybridized carbons (Fsp3) is 0.571. The van der Waals surface area contributed by atoms with Crippen LogP contribution in [-0.2, 0) is 11.2 Å². The topological polar surface area (TPSA) is 44.5 Å². The third-order valence-electron chi connectivity index (χ3n) is 3.17. The lowest BCUT2D eigenvalue weighted by Gasteiger charge is -2.23. The van der Waals surface area contributed by atoms with Crippen molar-refractivity contribution in [2.45, 2.75) is 31.8 Å². The molecule has 0 aliphatic carbocycles. The molecule has 1 aromatic rings. The molecule has 1 unspecified atom stereocenters. The average molecular weight is 270 g/mol. The lowest BCUT2D eigenvalue weighted by Crippen LogP contribution is -2.26. The number of ether oxygens (including phenoxy) is 2. The average Bonchev–Trinajstić information content (AvgIpc) is 2.41. The Labute approximate surface area is 113 Å². The Balaban J connectivity index is 1.97. The maximum Gasteiger partial charge on any atom is 0.124 e. The van der Waals surface area contributed by atoms with Crippen LogP contribution in [-0.4, -0.2) is 25.9 Å². The van der Waals surface area contributed by atoms with E-state index in [1.807, 2.05) is 18.2 Å². The number of hydrogen-bond donors (Lipinski definition) is 1. The number of benzene rings is 1. The highest BCUT2D eigenvalue weighted by Gasteiger charge is 2.15. The predicted octanol–water partition coefficient (Wildman–Crippen LogP) is 2.79. The third kappa shape index (κ3) is 3.61. The molecule has 0 bridgehead atoms. The van der Waals surface area contributed by atoms with Crippen LogP contribution in [0.15, 0.2) is 18.2 Å². The lowest BCUT2D eigenvalue weighted by atomic mass is 10.1. The van der Waals surface area contributed by atoms with E-state index in [0.717, 1.165) is 42.2 Å². The van der Waals surface area contributed by atoms with Gasteiger partial charge in [0.15, 0.2) is 0 Å². The quantitative estimate of drug-likeness (QED) is 0.894.